The van der Waals surface area contributed by atoms with Gasteiger partial charge in [0.05, 0.1) is 5.41 Å². The Morgan fingerprint density at radius 2 is 1.89 bits per heavy atom. The molecule has 0 aliphatic rings. The third-order valence-corrected chi connectivity index (χ3v) is 3.69. The molecule has 1 heterocycles. The normalized spacial score (nSPS) is 11.6. The number of rotatable bonds is 4. The van der Waals surface area contributed by atoms with Crippen LogP contribution >= 0.6 is 15.9 Å². The predicted octanol–water partition coefficient (Wildman–Crippen LogP) is 3.26. The van der Waals surface area contributed by atoms with E-state index in [1.165, 1.54) is 12.3 Å². The molecule has 2 aromatic rings. The second-order valence-corrected chi connectivity index (χ2v) is 6.20. The van der Waals surface area contributed by atoms with Gasteiger partial charge >= 0.3 is 0 Å². The van der Waals surface area contributed by atoms with Crippen LogP contribution in [0.25, 0.3) is 6.08 Å². The predicted molar refractivity (Wildman–Crippen MR) is 80.0 cm³/mol. The highest BCUT2D eigenvalue weighted by atomic mass is 79.9. The van der Waals surface area contributed by atoms with Crippen molar-refractivity contribution in [2.75, 3.05) is 4.72 Å². The van der Waals surface area contributed by atoms with Crippen LogP contribution in [0.5, 0.6) is 0 Å². The highest BCUT2D eigenvalue weighted by Crippen LogP contribution is 2.14. The van der Waals surface area contributed by atoms with Gasteiger partial charge < -0.3 is 0 Å². The number of pyridine rings is 1. The zero-order valence-electron chi connectivity index (χ0n) is 9.82. The molecule has 1 N–H and O–H groups in total. The fourth-order valence-corrected chi connectivity index (χ4v) is 2.52. The van der Waals surface area contributed by atoms with Crippen molar-refractivity contribution in [1.29, 1.82) is 0 Å². The number of aromatic nitrogens is 1. The van der Waals surface area contributed by atoms with Crippen molar-refractivity contribution in [2.24, 2.45) is 0 Å². The molecule has 0 saturated heterocycles. The third kappa shape index (κ3) is 4.50. The molecule has 2 rings (SSSR count). The summed E-state index contributed by atoms with van der Waals surface area (Å²) in [5.74, 6) is 0.270. The Labute approximate surface area is 120 Å². The lowest BCUT2D eigenvalue weighted by molar-refractivity contribution is 0.609. The summed E-state index contributed by atoms with van der Waals surface area (Å²) in [7, 11) is -3.56. The molecule has 0 saturated carbocycles. The summed E-state index contributed by atoms with van der Waals surface area (Å²) < 4.78 is 26.8. The van der Waals surface area contributed by atoms with Gasteiger partial charge in [-0.1, -0.05) is 46.3 Å². The molecule has 19 heavy (non-hydrogen) atoms. The third-order valence-electron chi connectivity index (χ3n) is 2.21. The first-order chi connectivity index (χ1) is 9.05. The minimum atomic E-state index is -3.56. The zero-order valence-corrected chi connectivity index (χ0v) is 12.2. The molecule has 1 aromatic heterocycles. The van der Waals surface area contributed by atoms with E-state index in [1.807, 2.05) is 30.3 Å². The van der Waals surface area contributed by atoms with Crippen LogP contribution in [0.1, 0.15) is 5.56 Å². The van der Waals surface area contributed by atoms with Crippen molar-refractivity contribution in [3.05, 3.63) is 64.1 Å². The maximum atomic E-state index is 11.8. The molecule has 1 aromatic carbocycles. The van der Waals surface area contributed by atoms with Crippen molar-refractivity contribution in [3.8, 4) is 0 Å². The maximum Gasteiger partial charge on any atom is 0.256 e. The van der Waals surface area contributed by atoms with E-state index in [1.54, 1.807) is 12.1 Å². The Hall–Kier alpha value is -1.66. The molecule has 4 nitrogen and oxygen atoms in total. The van der Waals surface area contributed by atoms with Gasteiger partial charge in [-0.2, -0.15) is 0 Å². The minimum absolute atomic E-state index is 0.270. The summed E-state index contributed by atoms with van der Waals surface area (Å²) in [5.41, 5.74) is 0.815. The minimum Gasteiger partial charge on any atom is -0.264 e. The van der Waals surface area contributed by atoms with Crippen LogP contribution in [0, 0.1) is 0 Å². The molecule has 0 bridgehead atoms. The Bertz CT molecular complexity index is 685. The second kappa shape index (κ2) is 5.99. The van der Waals surface area contributed by atoms with Crippen LogP contribution in [-0.4, -0.2) is 13.4 Å². The van der Waals surface area contributed by atoms with Crippen LogP contribution in [0.2, 0.25) is 0 Å². The quantitative estimate of drug-likeness (QED) is 0.930. The van der Waals surface area contributed by atoms with Gasteiger partial charge in [0.25, 0.3) is 10.0 Å². The first-order valence-electron chi connectivity index (χ1n) is 5.43. The van der Waals surface area contributed by atoms with Crippen molar-refractivity contribution in [2.45, 2.75) is 0 Å². The van der Waals surface area contributed by atoms with E-state index < -0.39 is 10.0 Å². The Morgan fingerprint density at radius 3 is 2.58 bits per heavy atom. The average molecular weight is 339 g/mol. The van der Waals surface area contributed by atoms with Crippen LogP contribution in [-0.2, 0) is 10.0 Å². The van der Waals surface area contributed by atoms with Gasteiger partial charge in [0, 0.05) is 10.7 Å². The smallest absolute Gasteiger partial charge is 0.256 e. The summed E-state index contributed by atoms with van der Waals surface area (Å²) in [4.78, 5) is 3.93. The van der Waals surface area contributed by atoms with Crippen LogP contribution in [0.4, 0.5) is 5.82 Å². The van der Waals surface area contributed by atoms with Crippen molar-refractivity contribution >= 4 is 37.8 Å². The van der Waals surface area contributed by atoms with Gasteiger partial charge in [0.15, 0.2) is 0 Å². The van der Waals surface area contributed by atoms with Gasteiger partial charge in [-0.3, -0.25) is 4.72 Å². The molecule has 6 heteroatoms. The number of sulfonamides is 1. The number of hydrogen-bond donors (Lipinski definition) is 1. The van der Waals surface area contributed by atoms with Crippen LogP contribution in [0.3, 0.4) is 0 Å². The monoisotopic (exact) mass is 338 g/mol. The number of hydrogen-bond acceptors (Lipinski definition) is 3. The van der Waals surface area contributed by atoms with Crippen LogP contribution < -0.4 is 4.72 Å². The van der Waals surface area contributed by atoms with E-state index in [-0.39, 0.29) is 5.82 Å². The molecular formula is C13H11BrN2O2S. The van der Waals surface area contributed by atoms with Gasteiger partial charge in [0.1, 0.15) is 5.82 Å². The molecule has 0 aliphatic heterocycles. The standard InChI is InChI=1S/C13H11BrN2O2S/c14-12-6-8-15-13(10-12)16-19(17,18)9-7-11-4-2-1-3-5-11/h1-10H,(H,15,16)/b9-7+. The van der Waals surface area contributed by atoms with E-state index in [0.717, 1.165) is 15.4 Å². The number of nitrogens with zero attached hydrogens (tertiary/aromatic N) is 1. The number of benzene rings is 1. The average Bonchev–Trinajstić information content (AvgIpc) is 2.37. The number of halogens is 1. The van der Waals surface area contributed by atoms with Crippen LogP contribution in [0.15, 0.2) is 58.5 Å². The Kier molecular flexibility index (Phi) is 4.34. The highest BCUT2D eigenvalue weighted by molar-refractivity contribution is 9.10. The highest BCUT2D eigenvalue weighted by Gasteiger charge is 2.06. The molecule has 0 fully saturated rings. The molecule has 0 unspecified atom stereocenters. The Balaban J connectivity index is 2.13. The van der Waals surface area contributed by atoms with E-state index in [4.69, 9.17) is 0 Å². The van der Waals surface area contributed by atoms with Crippen molar-refractivity contribution < 1.29 is 8.42 Å². The van der Waals surface area contributed by atoms with Crippen molar-refractivity contribution in [3.63, 3.8) is 0 Å². The molecule has 0 radical (unpaired) electrons. The lowest BCUT2D eigenvalue weighted by Gasteiger charge is -2.03. The lowest BCUT2D eigenvalue weighted by Crippen LogP contribution is -2.09. The fourth-order valence-electron chi connectivity index (χ4n) is 1.37. The Morgan fingerprint density at radius 1 is 1.16 bits per heavy atom. The summed E-state index contributed by atoms with van der Waals surface area (Å²) >= 11 is 3.25. The van der Waals surface area contributed by atoms with E-state index in [0.29, 0.717) is 0 Å². The summed E-state index contributed by atoms with van der Waals surface area (Å²) in [6.07, 6.45) is 3.04. The summed E-state index contributed by atoms with van der Waals surface area (Å²) in [5, 5.41) is 1.12. The second-order valence-electron chi connectivity index (χ2n) is 3.72. The maximum absolute atomic E-state index is 11.8. The van der Waals surface area contributed by atoms with Gasteiger partial charge in [-0.05, 0) is 23.8 Å². The lowest BCUT2D eigenvalue weighted by atomic mass is 10.2. The number of nitrogens with one attached hydrogen (secondary N) is 1. The van der Waals surface area contributed by atoms with E-state index >= 15 is 0 Å². The molecule has 0 aliphatic carbocycles. The molecule has 0 atom stereocenters. The largest absolute Gasteiger partial charge is 0.264 e. The first-order valence-corrected chi connectivity index (χ1v) is 7.77. The van der Waals surface area contributed by atoms with Gasteiger partial charge in [0.2, 0.25) is 0 Å². The van der Waals surface area contributed by atoms with Crippen molar-refractivity contribution in [1.82, 2.24) is 4.98 Å². The molecule has 98 valence electrons. The number of anilines is 1. The first kappa shape index (κ1) is 13.8. The molecular weight excluding hydrogens is 328 g/mol. The summed E-state index contributed by atoms with van der Waals surface area (Å²) in [6.45, 7) is 0. The van der Waals surface area contributed by atoms with E-state index in [2.05, 4.69) is 25.6 Å². The molecule has 0 amide bonds. The van der Waals surface area contributed by atoms with Gasteiger partial charge in [-0.15, -0.1) is 0 Å². The SMILES string of the molecule is O=S(=O)(/C=C/c1ccccc1)Nc1cc(Br)ccn1. The van der Waals surface area contributed by atoms with Gasteiger partial charge in [-0.25, -0.2) is 13.4 Å². The summed E-state index contributed by atoms with van der Waals surface area (Å²) in [6, 6.07) is 12.5. The van der Waals surface area contributed by atoms with E-state index in [9.17, 15) is 8.42 Å². The topological polar surface area (TPSA) is 59.1 Å². The molecule has 0 spiro atoms. The fraction of sp³-hybridized carbons (Fsp3) is 0. The zero-order chi connectivity index (χ0) is 13.7.